The standard InChI is InChI=1S/C8H12Cl2/c9-7-5-3-1-2-4-6-8-10/h1-5,7H2. The van der Waals surface area contributed by atoms with Crippen molar-refractivity contribution < 1.29 is 0 Å². The summed E-state index contributed by atoms with van der Waals surface area (Å²) in [5.41, 5.74) is 0. The molecule has 0 radical (unpaired) electrons. The Morgan fingerprint density at radius 2 is 1.70 bits per heavy atom. The maximum atomic E-state index is 5.49. The van der Waals surface area contributed by atoms with E-state index in [1.807, 2.05) is 0 Å². The van der Waals surface area contributed by atoms with Crippen LogP contribution in [0.15, 0.2) is 0 Å². The second kappa shape index (κ2) is 9.14. The van der Waals surface area contributed by atoms with Gasteiger partial charge in [-0.05, 0) is 24.4 Å². The van der Waals surface area contributed by atoms with Crippen molar-refractivity contribution in [1.82, 2.24) is 0 Å². The SMILES string of the molecule is ClC#CCCCCCCCl. The summed E-state index contributed by atoms with van der Waals surface area (Å²) in [6, 6.07) is 0. The van der Waals surface area contributed by atoms with Crippen LogP contribution in [0.2, 0.25) is 0 Å². The summed E-state index contributed by atoms with van der Waals surface area (Å²) in [6.45, 7) is 0. The first kappa shape index (κ1) is 10.1. The van der Waals surface area contributed by atoms with Crippen LogP contribution in [0.25, 0.3) is 0 Å². The minimum Gasteiger partial charge on any atom is -0.127 e. The first-order chi connectivity index (χ1) is 4.91. The van der Waals surface area contributed by atoms with Crippen molar-refractivity contribution in [2.45, 2.75) is 32.1 Å². The molecule has 0 fully saturated rings. The lowest BCUT2D eigenvalue weighted by Gasteiger charge is -1.93. The van der Waals surface area contributed by atoms with Crippen molar-refractivity contribution in [1.29, 1.82) is 0 Å². The van der Waals surface area contributed by atoms with Crippen molar-refractivity contribution in [3.05, 3.63) is 0 Å². The van der Waals surface area contributed by atoms with Gasteiger partial charge in [-0.25, -0.2) is 0 Å². The number of halogens is 2. The number of hydrogen-bond donors (Lipinski definition) is 0. The van der Waals surface area contributed by atoms with E-state index in [0.717, 1.165) is 25.1 Å². The van der Waals surface area contributed by atoms with Gasteiger partial charge in [0.05, 0.1) is 0 Å². The topological polar surface area (TPSA) is 0 Å². The maximum absolute atomic E-state index is 5.49. The molecule has 0 atom stereocenters. The molecule has 0 aromatic rings. The van der Waals surface area contributed by atoms with Gasteiger partial charge in [-0.2, -0.15) is 0 Å². The molecule has 0 rings (SSSR count). The van der Waals surface area contributed by atoms with E-state index in [-0.39, 0.29) is 0 Å². The van der Waals surface area contributed by atoms with Gasteiger partial charge >= 0.3 is 0 Å². The van der Waals surface area contributed by atoms with Gasteiger partial charge in [0.1, 0.15) is 0 Å². The molecule has 0 heterocycles. The second-order valence-electron chi connectivity index (χ2n) is 2.12. The monoisotopic (exact) mass is 178 g/mol. The molecule has 0 saturated carbocycles. The third kappa shape index (κ3) is 8.14. The van der Waals surface area contributed by atoms with Crippen LogP contribution in [0.1, 0.15) is 32.1 Å². The fourth-order valence-electron chi connectivity index (χ4n) is 0.709. The van der Waals surface area contributed by atoms with Gasteiger partial charge in [0, 0.05) is 17.7 Å². The molecule has 0 bridgehead atoms. The molecule has 10 heavy (non-hydrogen) atoms. The van der Waals surface area contributed by atoms with Crippen LogP contribution >= 0.6 is 23.2 Å². The summed E-state index contributed by atoms with van der Waals surface area (Å²) in [4.78, 5) is 0. The Morgan fingerprint density at radius 3 is 2.30 bits per heavy atom. The maximum Gasteiger partial charge on any atom is 0.0223 e. The molecule has 0 unspecified atom stereocenters. The van der Waals surface area contributed by atoms with E-state index in [0.29, 0.717) is 0 Å². The quantitative estimate of drug-likeness (QED) is 0.344. The third-order valence-corrected chi connectivity index (χ3v) is 1.65. The summed E-state index contributed by atoms with van der Waals surface area (Å²) < 4.78 is 0. The molecule has 0 spiro atoms. The van der Waals surface area contributed by atoms with E-state index in [1.165, 1.54) is 12.8 Å². The van der Waals surface area contributed by atoms with E-state index >= 15 is 0 Å². The van der Waals surface area contributed by atoms with E-state index in [9.17, 15) is 0 Å². The zero-order chi connectivity index (χ0) is 7.66. The molecule has 58 valence electrons. The Balaban J connectivity index is 2.82. The minimum absolute atomic E-state index is 0.779. The fourth-order valence-corrected chi connectivity index (χ4v) is 0.992. The van der Waals surface area contributed by atoms with Crippen LogP contribution in [0.5, 0.6) is 0 Å². The smallest absolute Gasteiger partial charge is 0.0223 e. The van der Waals surface area contributed by atoms with Crippen molar-refractivity contribution in [3.8, 4) is 11.3 Å². The predicted octanol–water partition coefficient (Wildman–Crippen LogP) is 3.38. The van der Waals surface area contributed by atoms with Gasteiger partial charge in [0.2, 0.25) is 0 Å². The number of hydrogen-bond acceptors (Lipinski definition) is 0. The zero-order valence-electron chi connectivity index (χ0n) is 6.00. The Hall–Kier alpha value is 0.140. The second-order valence-corrected chi connectivity index (χ2v) is 2.69. The molecule has 0 aliphatic carbocycles. The fraction of sp³-hybridized carbons (Fsp3) is 0.750. The van der Waals surface area contributed by atoms with Crippen LogP contribution in [-0.4, -0.2) is 5.88 Å². The summed E-state index contributed by atoms with van der Waals surface area (Å²) >= 11 is 10.7. The van der Waals surface area contributed by atoms with Gasteiger partial charge in [0.25, 0.3) is 0 Å². The average Bonchev–Trinajstić information content (AvgIpc) is 1.97. The van der Waals surface area contributed by atoms with Gasteiger partial charge in [0.15, 0.2) is 0 Å². The predicted molar refractivity (Wildman–Crippen MR) is 47.4 cm³/mol. The normalized spacial score (nSPS) is 8.60. The van der Waals surface area contributed by atoms with Crippen LogP contribution in [0, 0.1) is 11.3 Å². The average molecular weight is 179 g/mol. The summed E-state index contributed by atoms with van der Waals surface area (Å²) in [5.74, 6) is 3.59. The van der Waals surface area contributed by atoms with Crippen molar-refractivity contribution in [2.75, 3.05) is 5.88 Å². The highest BCUT2D eigenvalue weighted by atomic mass is 35.5. The summed E-state index contributed by atoms with van der Waals surface area (Å²) in [5, 5.41) is 2.35. The molecule has 0 aliphatic rings. The summed E-state index contributed by atoms with van der Waals surface area (Å²) in [6.07, 6.45) is 5.63. The Bertz CT molecular complexity index is 110. The summed E-state index contributed by atoms with van der Waals surface area (Å²) in [7, 11) is 0. The Kier molecular flexibility index (Phi) is 9.27. The van der Waals surface area contributed by atoms with E-state index < -0.39 is 0 Å². The molecule has 0 N–H and O–H groups in total. The molecule has 0 aromatic heterocycles. The van der Waals surface area contributed by atoms with Crippen LogP contribution in [-0.2, 0) is 0 Å². The van der Waals surface area contributed by atoms with Crippen LogP contribution in [0.3, 0.4) is 0 Å². The lowest BCUT2D eigenvalue weighted by Crippen LogP contribution is -1.77. The third-order valence-electron chi connectivity index (χ3n) is 1.25. The molecule has 0 aliphatic heterocycles. The van der Waals surface area contributed by atoms with Gasteiger partial charge in [-0.3, -0.25) is 0 Å². The highest BCUT2D eigenvalue weighted by molar-refractivity contribution is 6.30. The highest BCUT2D eigenvalue weighted by Gasteiger charge is 1.85. The molecule has 0 amide bonds. The molecule has 0 aromatic carbocycles. The Labute approximate surface area is 72.9 Å². The van der Waals surface area contributed by atoms with Crippen LogP contribution < -0.4 is 0 Å². The Morgan fingerprint density at radius 1 is 1.00 bits per heavy atom. The first-order valence-corrected chi connectivity index (χ1v) is 4.47. The highest BCUT2D eigenvalue weighted by Crippen LogP contribution is 2.02. The number of rotatable bonds is 5. The van der Waals surface area contributed by atoms with E-state index in [4.69, 9.17) is 23.2 Å². The molecule has 0 nitrogen and oxygen atoms in total. The molecule has 2 heteroatoms. The molecular formula is C8H12Cl2. The van der Waals surface area contributed by atoms with Crippen molar-refractivity contribution in [3.63, 3.8) is 0 Å². The number of unbranched alkanes of at least 4 members (excludes halogenated alkanes) is 4. The van der Waals surface area contributed by atoms with Gasteiger partial charge < -0.3 is 0 Å². The largest absolute Gasteiger partial charge is 0.127 e. The lowest BCUT2D eigenvalue weighted by molar-refractivity contribution is 0.682. The van der Waals surface area contributed by atoms with Gasteiger partial charge in [-0.15, -0.1) is 11.6 Å². The van der Waals surface area contributed by atoms with E-state index in [2.05, 4.69) is 11.3 Å². The minimum atomic E-state index is 0.779. The first-order valence-electron chi connectivity index (χ1n) is 3.56. The van der Waals surface area contributed by atoms with Crippen LogP contribution in [0.4, 0.5) is 0 Å². The van der Waals surface area contributed by atoms with Crippen molar-refractivity contribution >= 4 is 23.2 Å². The molecule has 0 saturated heterocycles. The van der Waals surface area contributed by atoms with E-state index in [1.54, 1.807) is 0 Å². The van der Waals surface area contributed by atoms with Crippen molar-refractivity contribution in [2.24, 2.45) is 0 Å². The molecular weight excluding hydrogens is 167 g/mol. The number of alkyl halides is 1. The lowest BCUT2D eigenvalue weighted by atomic mass is 10.2. The van der Waals surface area contributed by atoms with Gasteiger partial charge in [-0.1, -0.05) is 18.8 Å². The zero-order valence-corrected chi connectivity index (χ0v) is 7.51.